The number of rotatable bonds is 0. The lowest BCUT2D eigenvalue weighted by molar-refractivity contribution is 0.0295. The molecule has 0 N–H and O–H groups in total. The molecular weight excluding hydrogens is 190 g/mol. The average Bonchev–Trinajstić information content (AvgIpc) is 2.31. The van der Waals surface area contributed by atoms with Crippen molar-refractivity contribution in [3.63, 3.8) is 0 Å². The summed E-state index contributed by atoms with van der Waals surface area (Å²) in [7, 11) is 0. The molecule has 3 nitrogen and oxygen atoms in total. The third-order valence-electron chi connectivity index (χ3n) is 1.78. The second-order valence-corrected chi connectivity index (χ2v) is 4.93. The third kappa shape index (κ3) is 3.43. The first-order chi connectivity index (χ1) is 5.88. The zero-order chi connectivity index (χ0) is 10.1. The van der Waals surface area contributed by atoms with Gasteiger partial charge in [0.05, 0.1) is 5.38 Å². The highest BCUT2D eigenvalue weighted by Crippen LogP contribution is 2.17. The fraction of sp³-hybridized carbons (Fsp3) is 0.889. The Bertz CT molecular complexity index is 200. The Hall–Kier alpha value is -0.440. The van der Waals surface area contributed by atoms with Crippen LogP contribution in [0.5, 0.6) is 0 Å². The molecule has 0 unspecified atom stereocenters. The van der Waals surface area contributed by atoms with Crippen LogP contribution in [0.1, 0.15) is 27.2 Å². The van der Waals surface area contributed by atoms with Crippen LogP contribution in [0, 0.1) is 0 Å². The molecule has 1 saturated heterocycles. The predicted octanol–water partition coefficient (Wildman–Crippen LogP) is 2.23. The predicted molar refractivity (Wildman–Crippen MR) is 52.1 cm³/mol. The molecule has 0 spiro atoms. The van der Waals surface area contributed by atoms with E-state index in [-0.39, 0.29) is 11.5 Å². The fourth-order valence-electron chi connectivity index (χ4n) is 1.21. The van der Waals surface area contributed by atoms with Gasteiger partial charge < -0.3 is 9.64 Å². The molecule has 1 atom stereocenters. The highest BCUT2D eigenvalue weighted by atomic mass is 35.5. The van der Waals surface area contributed by atoms with E-state index in [2.05, 4.69) is 0 Å². The summed E-state index contributed by atoms with van der Waals surface area (Å²) in [6.45, 7) is 6.90. The number of nitrogens with zero attached hydrogens (tertiary/aromatic N) is 1. The monoisotopic (exact) mass is 205 g/mol. The first-order valence-corrected chi connectivity index (χ1v) is 4.94. The lowest BCUT2D eigenvalue weighted by atomic mass is 10.2. The molecule has 0 aromatic rings. The second-order valence-electron chi connectivity index (χ2n) is 4.31. The van der Waals surface area contributed by atoms with Crippen molar-refractivity contribution in [3.8, 4) is 0 Å². The van der Waals surface area contributed by atoms with E-state index in [9.17, 15) is 4.79 Å². The summed E-state index contributed by atoms with van der Waals surface area (Å²) in [6.07, 6.45) is 0.608. The maximum atomic E-state index is 11.5. The highest BCUT2D eigenvalue weighted by Gasteiger charge is 2.28. The van der Waals surface area contributed by atoms with E-state index in [0.29, 0.717) is 13.1 Å². The van der Waals surface area contributed by atoms with Gasteiger partial charge in [-0.3, -0.25) is 0 Å². The molecule has 4 heteroatoms. The topological polar surface area (TPSA) is 29.5 Å². The van der Waals surface area contributed by atoms with E-state index in [4.69, 9.17) is 16.3 Å². The van der Waals surface area contributed by atoms with Gasteiger partial charge in [-0.1, -0.05) is 0 Å². The summed E-state index contributed by atoms with van der Waals surface area (Å²) < 4.78 is 5.20. The molecule has 0 bridgehead atoms. The van der Waals surface area contributed by atoms with Crippen molar-refractivity contribution < 1.29 is 9.53 Å². The number of likely N-dealkylation sites (tertiary alicyclic amines) is 1. The smallest absolute Gasteiger partial charge is 0.410 e. The molecule has 0 aromatic carbocycles. The van der Waals surface area contributed by atoms with Crippen molar-refractivity contribution in [2.24, 2.45) is 0 Å². The Kier molecular flexibility index (Phi) is 3.06. The van der Waals surface area contributed by atoms with E-state index in [1.54, 1.807) is 4.90 Å². The molecule has 1 fully saturated rings. The largest absolute Gasteiger partial charge is 0.444 e. The van der Waals surface area contributed by atoms with E-state index >= 15 is 0 Å². The maximum absolute atomic E-state index is 11.5. The second kappa shape index (κ2) is 3.74. The molecule has 0 radical (unpaired) electrons. The van der Waals surface area contributed by atoms with Crippen LogP contribution in [0.4, 0.5) is 4.79 Å². The van der Waals surface area contributed by atoms with Crippen LogP contribution in [0.25, 0.3) is 0 Å². The molecular formula is C9H16ClNO2. The van der Waals surface area contributed by atoms with Crippen molar-refractivity contribution in [3.05, 3.63) is 0 Å². The Labute approximate surface area is 84.0 Å². The van der Waals surface area contributed by atoms with Gasteiger partial charge in [-0.25, -0.2) is 4.79 Å². The SMILES string of the molecule is CC(C)(C)OC(=O)N1CC[C@@H](Cl)C1. The standard InChI is InChI=1S/C9H16ClNO2/c1-9(2,3)13-8(12)11-5-4-7(10)6-11/h7H,4-6H2,1-3H3/t7-/m1/s1. The zero-order valence-electron chi connectivity index (χ0n) is 8.34. The Morgan fingerprint density at radius 2 is 2.15 bits per heavy atom. The van der Waals surface area contributed by atoms with E-state index in [0.717, 1.165) is 6.42 Å². The number of hydrogen-bond acceptors (Lipinski definition) is 2. The summed E-state index contributed by atoms with van der Waals surface area (Å²) in [5, 5.41) is 0.0903. The van der Waals surface area contributed by atoms with Crippen molar-refractivity contribution in [1.29, 1.82) is 0 Å². The summed E-state index contributed by atoms with van der Waals surface area (Å²) in [5.74, 6) is 0. The minimum absolute atomic E-state index is 0.0903. The van der Waals surface area contributed by atoms with Gasteiger partial charge in [0.25, 0.3) is 0 Å². The van der Waals surface area contributed by atoms with Crippen LogP contribution in [0.15, 0.2) is 0 Å². The number of halogens is 1. The third-order valence-corrected chi connectivity index (χ3v) is 2.14. The molecule has 1 heterocycles. The average molecular weight is 206 g/mol. The van der Waals surface area contributed by atoms with Gasteiger partial charge in [0.15, 0.2) is 0 Å². The van der Waals surface area contributed by atoms with Gasteiger partial charge in [0, 0.05) is 13.1 Å². The Morgan fingerprint density at radius 3 is 2.54 bits per heavy atom. The molecule has 76 valence electrons. The Morgan fingerprint density at radius 1 is 1.54 bits per heavy atom. The van der Waals surface area contributed by atoms with E-state index in [1.807, 2.05) is 20.8 Å². The normalized spacial score (nSPS) is 23.4. The van der Waals surface area contributed by atoms with Gasteiger partial charge in [0.2, 0.25) is 0 Å². The lowest BCUT2D eigenvalue weighted by Gasteiger charge is -2.24. The van der Waals surface area contributed by atoms with E-state index in [1.165, 1.54) is 0 Å². The molecule has 0 aromatic heterocycles. The molecule has 1 rings (SSSR count). The molecule has 13 heavy (non-hydrogen) atoms. The maximum Gasteiger partial charge on any atom is 0.410 e. The quantitative estimate of drug-likeness (QED) is 0.568. The number of ether oxygens (including phenoxy) is 1. The number of amides is 1. The number of carbonyl (C=O) groups excluding carboxylic acids is 1. The summed E-state index contributed by atoms with van der Waals surface area (Å²) >= 11 is 5.87. The van der Waals surface area contributed by atoms with Crippen LogP contribution in [0.3, 0.4) is 0 Å². The summed E-state index contributed by atoms with van der Waals surface area (Å²) in [4.78, 5) is 13.1. The molecule has 1 aliphatic rings. The molecule has 1 amide bonds. The van der Waals surface area contributed by atoms with Crippen molar-refractivity contribution in [1.82, 2.24) is 4.90 Å². The first kappa shape index (κ1) is 10.6. The summed E-state index contributed by atoms with van der Waals surface area (Å²) in [5.41, 5.74) is -0.415. The number of alkyl halides is 1. The molecule has 0 aliphatic carbocycles. The van der Waals surface area contributed by atoms with Crippen molar-refractivity contribution >= 4 is 17.7 Å². The summed E-state index contributed by atoms with van der Waals surface area (Å²) in [6, 6.07) is 0. The van der Waals surface area contributed by atoms with Crippen LogP contribution < -0.4 is 0 Å². The van der Waals surface area contributed by atoms with Gasteiger partial charge in [0.1, 0.15) is 5.60 Å². The van der Waals surface area contributed by atoms with Crippen LogP contribution in [0.2, 0.25) is 0 Å². The van der Waals surface area contributed by atoms with Gasteiger partial charge in [-0.2, -0.15) is 0 Å². The fourth-order valence-corrected chi connectivity index (χ4v) is 1.47. The van der Waals surface area contributed by atoms with Crippen molar-refractivity contribution in [2.45, 2.75) is 38.2 Å². The lowest BCUT2D eigenvalue weighted by Crippen LogP contribution is -2.35. The molecule has 1 aliphatic heterocycles. The van der Waals surface area contributed by atoms with Crippen LogP contribution in [-0.2, 0) is 4.74 Å². The van der Waals surface area contributed by atoms with E-state index < -0.39 is 5.60 Å². The zero-order valence-corrected chi connectivity index (χ0v) is 9.10. The molecule has 0 saturated carbocycles. The van der Waals surface area contributed by atoms with Crippen LogP contribution >= 0.6 is 11.6 Å². The highest BCUT2D eigenvalue weighted by molar-refractivity contribution is 6.21. The van der Waals surface area contributed by atoms with Crippen LogP contribution in [-0.4, -0.2) is 35.1 Å². The minimum Gasteiger partial charge on any atom is -0.444 e. The number of carbonyl (C=O) groups is 1. The first-order valence-electron chi connectivity index (χ1n) is 4.50. The number of hydrogen-bond donors (Lipinski definition) is 0. The Balaban J connectivity index is 2.41. The minimum atomic E-state index is -0.415. The van der Waals surface area contributed by atoms with Crippen molar-refractivity contribution in [2.75, 3.05) is 13.1 Å². The van der Waals surface area contributed by atoms with Gasteiger partial charge in [-0.05, 0) is 27.2 Å². The van der Waals surface area contributed by atoms with Gasteiger partial charge >= 0.3 is 6.09 Å². The van der Waals surface area contributed by atoms with Gasteiger partial charge in [-0.15, -0.1) is 11.6 Å².